The fourth-order valence-electron chi connectivity index (χ4n) is 2.17. The highest BCUT2D eigenvalue weighted by Gasteiger charge is 2.24. The van der Waals surface area contributed by atoms with Crippen LogP contribution in [0.5, 0.6) is 0 Å². The molecule has 0 bridgehead atoms. The van der Waals surface area contributed by atoms with E-state index in [0.29, 0.717) is 6.42 Å². The van der Waals surface area contributed by atoms with Crippen molar-refractivity contribution in [3.05, 3.63) is 0 Å². The standard InChI is InChI=1S/C13H24N4O/c1-16(2)11-7-15-13(18)12-4-9-17(10-5-12)8-3-6-14/h12H,3-5,7-11H2,1-2H3,(H,15,18). The lowest BCUT2D eigenvalue weighted by atomic mass is 9.96. The predicted octanol–water partition coefficient (Wildman–Crippen LogP) is 0.290. The lowest BCUT2D eigenvalue weighted by Crippen LogP contribution is -2.42. The molecule has 0 radical (unpaired) electrons. The second-order valence-electron chi connectivity index (χ2n) is 5.12. The van der Waals surface area contributed by atoms with Gasteiger partial charge in [-0.3, -0.25) is 4.79 Å². The molecule has 1 fully saturated rings. The van der Waals surface area contributed by atoms with Gasteiger partial charge in [0.2, 0.25) is 5.91 Å². The first-order valence-electron chi connectivity index (χ1n) is 6.65. The van der Waals surface area contributed by atoms with Crippen molar-refractivity contribution in [2.75, 3.05) is 46.8 Å². The van der Waals surface area contributed by atoms with E-state index in [1.54, 1.807) is 0 Å². The molecule has 5 heteroatoms. The van der Waals surface area contributed by atoms with Crippen molar-refractivity contribution in [1.29, 1.82) is 5.26 Å². The fraction of sp³-hybridized carbons (Fsp3) is 0.846. The van der Waals surface area contributed by atoms with E-state index in [1.165, 1.54) is 0 Å². The topological polar surface area (TPSA) is 59.4 Å². The molecule has 1 saturated heterocycles. The summed E-state index contributed by atoms with van der Waals surface area (Å²) in [5, 5.41) is 11.5. The number of hydrogen-bond acceptors (Lipinski definition) is 4. The first kappa shape index (κ1) is 14.9. The van der Waals surface area contributed by atoms with Crippen molar-refractivity contribution in [2.24, 2.45) is 5.92 Å². The Hall–Kier alpha value is -1.12. The summed E-state index contributed by atoms with van der Waals surface area (Å²) in [5.74, 6) is 0.349. The Bertz CT molecular complexity index is 290. The molecule has 0 aromatic heterocycles. The van der Waals surface area contributed by atoms with E-state index in [1.807, 2.05) is 14.1 Å². The Morgan fingerprint density at radius 3 is 2.67 bits per heavy atom. The van der Waals surface area contributed by atoms with Crippen molar-refractivity contribution < 1.29 is 4.79 Å². The van der Waals surface area contributed by atoms with Crippen LogP contribution in [-0.2, 0) is 4.79 Å². The van der Waals surface area contributed by atoms with Crippen LogP contribution < -0.4 is 5.32 Å². The summed E-state index contributed by atoms with van der Waals surface area (Å²) >= 11 is 0. The van der Waals surface area contributed by atoms with Gasteiger partial charge in [0.25, 0.3) is 0 Å². The molecular weight excluding hydrogens is 228 g/mol. The van der Waals surface area contributed by atoms with Gasteiger partial charge < -0.3 is 15.1 Å². The lowest BCUT2D eigenvalue weighted by Gasteiger charge is -2.30. The first-order valence-corrected chi connectivity index (χ1v) is 6.65. The number of rotatable bonds is 6. The SMILES string of the molecule is CN(C)CCNC(=O)C1CCN(CCC#N)CC1. The van der Waals surface area contributed by atoms with Crippen LogP contribution in [0.15, 0.2) is 0 Å². The Labute approximate surface area is 110 Å². The Kier molecular flexibility index (Phi) is 6.69. The zero-order chi connectivity index (χ0) is 13.4. The van der Waals surface area contributed by atoms with Crippen molar-refractivity contribution in [3.8, 4) is 6.07 Å². The highest BCUT2D eigenvalue weighted by molar-refractivity contribution is 5.78. The maximum absolute atomic E-state index is 11.9. The minimum absolute atomic E-state index is 0.158. The number of amides is 1. The van der Waals surface area contributed by atoms with Gasteiger partial charge >= 0.3 is 0 Å². The molecule has 0 saturated carbocycles. The molecule has 0 aromatic carbocycles. The Balaban J connectivity index is 2.17. The summed E-state index contributed by atoms with van der Waals surface area (Å²) in [5.41, 5.74) is 0. The number of nitrogens with one attached hydrogen (secondary N) is 1. The van der Waals surface area contributed by atoms with Crippen LogP contribution in [0.4, 0.5) is 0 Å². The second-order valence-corrected chi connectivity index (χ2v) is 5.12. The monoisotopic (exact) mass is 252 g/mol. The van der Waals surface area contributed by atoms with Crippen molar-refractivity contribution in [2.45, 2.75) is 19.3 Å². The molecule has 0 aromatic rings. The molecule has 0 aliphatic carbocycles. The molecule has 1 aliphatic heterocycles. The van der Waals surface area contributed by atoms with E-state index in [4.69, 9.17) is 5.26 Å². The smallest absolute Gasteiger partial charge is 0.223 e. The van der Waals surface area contributed by atoms with Gasteiger partial charge in [-0.1, -0.05) is 0 Å². The van der Waals surface area contributed by atoms with Gasteiger partial charge in [-0.15, -0.1) is 0 Å². The average Bonchev–Trinajstić information content (AvgIpc) is 2.36. The van der Waals surface area contributed by atoms with Crippen LogP contribution >= 0.6 is 0 Å². The Morgan fingerprint density at radius 1 is 1.44 bits per heavy atom. The van der Waals surface area contributed by atoms with Crippen molar-refractivity contribution >= 4 is 5.91 Å². The third kappa shape index (κ3) is 5.48. The van der Waals surface area contributed by atoms with Gasteiger partial charge in [0.1, 0.15) is 0 Å². The molecule has 1 aliphatic rings. The number of carbonyl (C=O) groups is 1. The number of carbonyl (C=O) groups excluding carboxylic acids is 1. The largest absolute Gasteiger partial charge is 0.355 e. The number of nitrogens with zero attached hydrogens (tertiary/aromatic N) is 3. The van der Waals surface area contributed by atoms with Crippen LogP contribution in [0, 0.1) is 17.2 Å². The summed E-state index contributed by atoms with van der Waals surface area (Å²) in [6, 6.07) is 2.16. The number of hydrogen-bond donors (Lipinski definition) is 1. The highest BCUT2D eigenvalue weighted by Crippen LogP contribution is 2.17. The van der Waals surface area contributed by atoms with Gasteiger partial charge in [-0.05, 0) is 40.0 Å². The van der Waals surface area contributed by atoms with Crippen LogP contribution in [0.25, 0.3) is 0 Å². The summed E-state index contributed by atoms with van der Waals surface area (Å²) in [7, 11) is 4.00. The first-order chi connectivity index (χ1) is 8.63. The zero-order valence-corrected chi connectivity index (χ0v) is 11.5. The maximum atomic E-state index is 11.9. The molecule has 0 spiro atoms. The molecule has 1 N–H and O–H groups in total. The maximum Gasteiger partial charge on any atom is 0.223 e. The minimum Gasteiger partial charge on any atom is -0.355 e. The van der Waals surface area contributed by atoms with Gasteiger partial charge in [-0.2, -0.15) is 5.26 Å². The van der Waals surface area contributed by atoms with Crippen LogP contribution in [0.3, 0.4) is 0 Å². The van der Waals surface area contributed by atoms with E-state index in [9.17, 15) is 4.79 Å². The minimum atomic E-state index is 0.158. The average molecular weight is 252 g/mol. The molecule has 5 nitrogen and oxygen atoms in total. The van der Waals surface area contributed by atoms with E-state index in [2.05, 4.69) is 21.2 Å². The van der Waals surface area contributed by atoms with Crippen LogP contribution in [0.2, 0.25) is 0 Å². The van der Waals surface area contributed by atoms with E-state index in [-0.39, 0.29) is 11.8 Å². The number of likely N-dealkylation sites (N-methyl/N-ethyl adjacent to an activating group) is 1. The van der Waals surface area contributed by atoms with Gasteiger partial charge in [0, 0.05) is 32.0 Å². The third-order valence-electron chi connectivity index (χ3n) is 3.36. The van der Waals surface area contributed by atoms with Gasteiger partial charge in [0.05, 0.1) is 6.07 Å². The molecular formula is C13H24N4O. The normalized spacial score (nSPS) is 17.7. The molecule has 1 rings (SSSR count). The summed E-state index contributed by atoms with van der Waals surface area (Å²) in [6.45, 7) is 4.32. The molecule has 102 valence electrons. The Morgan fingerprint density at radius 2 is 2.11 bits per heavy atom. The van der Waals surface area contributed by atoms with Gasteiger partial charge in [-0.25, -0.2) is 0 Å². The highest BCUT2D eigenvalue weighted by atomic mass is 16.1. The fourth-order valence-corrected chi connectivity index (χ4v) is 2.17. The van der Waals surface area contributed by atoms with Crippen molar-refractivity contribution in [3.63, 3.8) is 0 Å². The number of nitriles is 1. The zero-order valence-electron chi connectivity index (χ0n) is 11.5. The molecule has 18 heavy (non-hydrogen) atoms. The summed E-state index contributed by atoms with van der Waals surface area (Å²) in [4.78, 5) is 16.2. The second kappa shape index (κ2) is 8.06. The molecule has 1 amide bonds. The number of likely N-dealkylation sites (tertiary alicyclic amines) is 1. The number of piperidine rings is 1. The third-order valence-corrected chi connectivity index (χ3v) is 3.36. The quantitative estimate of drug-likeness (QED) is 0.738. The summed E-state index contributed by atoms with van der Waals surface area (Å²) in [6.07, 6.45) is 2.41. The van der Waals surface area contributed by atoms with E-state index in [0.717, 1.165) is 45.6 Å². The lowest BCUT2D eigenvalue weighted by molar-refractivity contribution is -0.126. The van der Waals surface area contributed by atoms with Crippen LogP contribution in [0.1, 0.15) is 19.3 Å². The molecule has 0 atom stereocenters. The molecule has 1 heterocycles. The van der Waals surface area contributed by atoms with Crippen molar-refractivity contribution in [1.82, 2.24) is 15.1 Å². The van der Waals surface area contributed by atoms with Gasteiger partial charge in [0.15, 0.2) is 0 Å². The van der Waals surface area contributed by atoms with E-state index < -0.39 is 0 Å². The molecule has 0 unspecified atom stereocenters. The summed E-state index contributed by atoms with van der Waals surface area (Å²) < 4.78 is 0. The predicted molar refractivity (Wildman–Crippen MR) is 71.0 cm³/mol. The van der Waals surface area contributed by atoms with Crippen LogP contribution in [-0.4, -0.2) is 62.5 Å². The van der Waals surface area contributed by atoms with E-state index >= 15 is 0 Å².